The molecule has 2 rings (SSSR count). The second-order valence-corrected chi connectivity index (χ2v) is 5.47. The molecule has 1 fully saturated rings. The van der Waals surface area contributed by atoms with E-state index < -0.39 is 0 Å². The third-order valence-corrected chi connectivity index (χ3v) is 3.93. The van der Waals surface area contributed by atoms with Crippen molar-refractivity contribution >= 4 is 11.8 Å². The van der Waals surface area contributed by atoms with Crippen molar-refractivity contribution in [3.63, 3.8) is 0 Å². The Hall–Kier alpha value is -1.95. The molecule has 0 aliphatic carbocycles. The lowest BCUT2D eigenvalue weighted by atomic mass is 9.91. The molecule has 1 aromatic heterocycles. The highest BCUT2D eigenvalue weighted by atomic mass is 16.2. The number of pyridine rings is 1. The Balaban J connectivity index is 1.77. The van der Waals surface area contributed by atoms with Crippen molar-refractivity contribution in [3.8, 4) is 0 Å². The first-order valence-corrected chi connectivity index (χ1v) is 7.30. The standard InChI is InChI=1S/C15H22N4O2/c1-11(16)12-5-8-19(9-6-12)14(20)10-18-15(21)13-4-2-3-7-17-13/h2-4,7,11-12H,5-6,8-10,16H2,1H3,(H,18,21). The van der Waals surface area contributed by atoms with Gasteiger partial charge in [0.05, 0.1) is 6.54 Å². The molecule has 0 aromatic carbocycles. The van der Waals surface area contributed by atoms with E-state index in [-0.39, 0.29) is 24.4 Å². The van der Waals surface area contributed by atoms with Crippen LogP contribution < -0.4 is 11.1 Å². The van der Waals surface area contributed by atoms with Crippen LogP contribution in [0, 0.1) is 5.92 Å². The first-order chi connectivity index (χ1) is 10.1. The van der Waals surface area contributed by atoms with Gasteiger partial charge in [-0.15, -0.1) is 0 Å². The van der Waals surface area contributed by atoms with Crippen LogP contribution in [0.15, 0.2) is 24.4 Å². The van der Waals surface area contributed by atoms with Gasteiger partial charge in [-0.3, -0.25) is 14.6 Å². The van der Waals surface area contributed by atoms with Crippen LogP contribution in [-0.2, 0) is 4.79 Å². The summed E-state index contributed by atoms with van der Waals surface area (Å²) in [6.07, 6.45) is 3.41. The molecule has 1 unspecified atom stereocenters. The number of aromatic nitrogens is 1. The number of likely N-dealkylation sites (tertiary alicyclic amines) is 1. The number of nitrogens with one attached hydrogen (secondary N) is 1. The third-order valence-electron chi connectivity index (χ3n) is 3.93. The summed E-state index contributed by atoms with van der Waals surface area (Å²) in [7, 11) is 0. The summed E-state index contributed by atoms with van der Waals surface area (Å²) >= 11 is 0. The van der Waals surface area contributed by atoms with Gasteiger partial charge in [0, 0.05) is 25.3 Å². The molecule has 6 heteroatoms. The average Bonchev–Trinajstić information content (AvgIpc) is 2.53. The van der Waals surface area contributed by atoms with E-state index in [1.807, 2.05) is 6.92 Å². The van der Waals surface area contributed by atoms with E-state index in [2.05, 4.69) is 10.3 Å². The Morgan fingerprint density at radius 2 is 2.14 bits per heavy atom. The smallest absolute Gasteiger partial charge is 0.270 e. The molecule has 21 heavy (non-hydrogen) atoms. The number of nitrogens with two attached hydrogens (primary N) is 1. The van der Waals surface area contributed by atoms with Gasteiger partial charge < -0.3 is 16.0 Å². The Morgan fingerprint density at radius 1 is 1.43 bits per heavy atom. The monoisotopic (exact) mass is 290 g/mol. The zero-order valence-electron chi connectivity index (χ0n) is 12.3. The zero-order valence-corrected chi connectivity index (χ0v) is 12.3. The van der Waals surface area contributed by atoms with Crippen molar-refractivity contribution in [2.75, 3.05) is 19.6 Å². The summed E-state index contributed by atoms with van der Waals surface area (Å²) in [4.78, 5) is 29.6. The van der Waals surface area contributed by atoms with Crippen molar-refractivity contribution in [1.29, 1.82) is 0 Å². The number of piperidine rings is 1. The second-order valence-electron chi connectivity index (χ2n) is 5.47. The maximum atomic E-state index is 12.1. The summed E-state index contributed by atoms with van der Waals surface area (Å²) in [6.45, 7) is 3.45. The maximum absolute atomic E-state index is 12.1. The van der Waals surface area contributed by atoms with Gasteiger partial charge >= 0.3 is 0 Å². The number of hydrogen-bond acceptors (Lipinski definition) is 4. The lowest BCUT2D eigenvalue weighted by Crippen LogP contribution is -2.46. The molecule has 2 amide bonds. The number of rotatable bonds is 4. The molecule has 0 spiro atoms. The predicted molar refractivity (Wildman–Crippen MR) is 79.5 cm³/mol. The Kier molecular flexibility index (Phi) is 5.27. The van der Waals surface area contributed by atoms with Crippen LogP contribution in [-0.4, -0.2) is 47.4 Å². The lowest BCUT2D eigenvalue weighted by Gasteiger charge is -2.33. The average molecular weight is 290 g/mol. The Labute approximate surface area is 124 Å². The number of nitrogens with zero attached hydrogens (tertiary/aromatic N) is 2. The van der Waals surface area contributed by atoms with Crippen molar-refractivity contribution < 1.29 is 9.59 Å². The van der Waals surface area contributed by atoms with Crippen molar-refractivity contribution in [1.82, 2.24) is 15.2 Å². The van der Waals surface area contributed by atoms with Crippen LogP contribution in [0.3, 0.4) is 0 Å². The zero-order chi connectivity index (χ0) is 15.2. The molecule has 0 saturated carbocycles. The molecule has 2 heterocycles. The molecular weight excluding hydrogens is 268 g/mol. The molecule has 114 valence electrons. The largest absolute Gasteiger partial charge is 0.342 e. The number of carbonyl (C=O) groups excluding carboxylic acids is 2. The number of hydrogen-bond donors (Lipinski definition) is 2. The Bertz CT molecular complexity index is 482. The Morgan fingerprint density at radius 3 is 2.71 bits per heavy atom. The van der Waals surface area contributed by atoms with E-state index in [0.717, 1.165) is 12.8 Å². The molecule has 0 bridgehead atoms. The molecule has 1 atom stereocenters. The van der Waals surface area contributed by atoms with Crippen molar-refractivity contribution in [3.05, 3.63) is 30.1 Å². The highest BCUT2D eigenvalue weighted by Gasteiger charge is 2.24. The van der Waals surface area contributed by atoms with Gasteiger partial charge in [0.15, 0.2) is 0 Å². The number of amides is 2. The van der Waals surface area contributed by atoms with Gasteiger partial charge in [-0.25, -0.2) is 0 Å². The molecule has 1 aliphatic rings. The van der Waals surface area contributed by atoms with Crippen molar-refractivity contribution in [2.24, 2.45) is 11.7 Å². The number of carbonyl (C=O) groups is 2. The van der Waals surface area contributed by atoms with Crippen LogP contribution in [0.1, 0.15) is 30.3 Å². The minimum atomic E-state index is -0.325. The van der Waals surface area contributed by atoms with E-state index in [1.165, 1.54) is 0 Å². The summed E-state index contributed by atoms with van der Waals surface area (Å²) < 4.78 is 0. The van der Waals surface area contributed by atoms with Gasteiger partial charge in [0.25, 0.3) is 5.91 Å². The van der Waals surface area contributed by atoms with Crippen LogP contribution in [0.25, 0.3) is 0 Å². The highest BCUT2D eigenvalue weighted by Crippen LogP contribution is 2.19. The van der Waals surface area contributed by atoms with E-state index >= 15 is 0 Å². The second kappa shape index (κ2) is 7.17. The molecule has 1 saturated heterocycles. The fourth-order valence-electron chi connectivity index (χ4n) is 2.53. The van der Waals surface area contributed by atoms with E-state index in [1.54, 1.807) is 29.3 Å². The van der Waals surface area contributed by atoms with Crippen LogP contribution in [0.2, 0.25) is 0 Å². The molecule has 0 radical (unpaired) electrons. The maximum Gasteiger partial charge on any atom is 0.270 e. The van der Waals surface area contributed by atoms with Gasteiger partial charge in [-0.1, -0.05) is 6.07 Å². The fraction of sp³-hybridized carbons (Fsp3) is 0.533. The predicted octanol–water partition coefficient (Wildman–Crippen LogP) is 0.397. The van der Waals surface area contributed by atoms with Gasteiger partial charge in [0.1, 0.15) is 5.69 Å². The molecule has 1 aliphatic heterocycles. The van der Waals surface area contributed by atoms with Crippen LogP contribution in [0.4, 0.5) is 0 Å². The molecular formula is C15H22N4O2. The SMILES string of the molecule is CC(N)C1CCN(C(=O)CNC(=O)c2ccccn2)CC1. The highest BCUT2D eigenvalue weighted by molar-refractivity contribution is 5.94. The summed E-state index contributed by atoms with van der Waals surface area (Å²) in [5, 5.41) is 2.61. The first kappa shape index (κ1) is 15.4. The normalized spacial score (nSPS) is 17.3. The van der Waals surface area contributed by atoms with Gasteiger partial charge in [-0.05, 0) is 37.8 Å². The van der Waals surface area contributed by atoms with Crippen molar-refractivity contribution in [2.45, 2.75) is 25.8 Å². The third kappa shape index (κ3) is 4.26. The molecule has 6 nitrogen and oxygen atoms in total. The fourth-order valence-corrected chi connectivity index (χ4v) is 2.53. The first-order valence-electron chi connectivity index (χ1n) is 7.30. The topological polar surface area (TPSA) is 88.3 Å². The molecule has 3 N–H and O–H groups in total. The minimum Gasteiger partial charge on any atom is -0.342 e. The quantitative estimate of drug-likeness (QED) is 0.840. The summed E-state index contributed by atoms with van der Waals surface area (Å²) in [6, 6.07) is 5.27. The minimum absolute atomic E-state index is 0.0122. The summed E-state index contributed by atoms with van der Waals surface area (Å²) in [5.41, 5.74) is 6.20. The van der Waals surface area contributed by atoms with E-state index in [4.69, 9.17) is 5.73 Å². The van der Waals surface area contributed by atoms with Crippen LogP contribution >= 0.6 is 0 Å². The lowest BCUT2D eigenvalue weighted by molar-refractivity contribution is -0.131. The molecule has 1 aromatic rings. The van der Waals surface area contributed by atoms with Gasteiger partial charge in [-0.2, -0.15) is 0 Å². The van der Waals surface area contributed by atoms with E-state index in [9.17, 15) is 9.59 Å². The van der Waals surface area contributed by atoms with Gasteiger partial charge in [0.2, 0.25) is 5.91 Å². The van der Waals surface area contributed by atoms with E-state index in [0.29, 0.717) is 24.7 Å². The van der Waals surface area contributed by atoms with Crippen LogP contribution in [0.5, 0.6) is 0 Å². The summed E-state index contributed by atoms with van der Waals surface area (Å²) in [5.74, 6) is 0.106.